The number of Topliss-reactive ketones (excluding diaryl/α,β-unsaturated/α-hetero) is 1. The van der Waals surface area contributed by atoms with E-state index in [-0.39, 0.29) is 12.3 Å². The number of rotatable bonds is 5. The van der Waals surface area contributed by atoms with E-state index in [1.165, 1.54) is 28.8 Å². The van der Waals surface area contributed by atoms with Gasteiger partial charge in [-0.25, -0.2) is 9.18 Å². The van der Waals surface area contributed by atoms with Crippen molar-refractivity contribution in [2.24, 2.45) is 0 Å². The van der Waals surface area contributed by atoms with Crippen molar-refractivity contribution in [3.63, 3.8) is 0 Å². The van der Waals surface area contributed by atoms with E-state index in [1.54, 1.807) is 6.92 Å². The monoisotopic (exact) mass is 402 g/mol. The van der Waals surface area contributed by atoms with Crippen molar-refractivity contribution in [1.82, 2.24) is 9.55 Å². The average molecular weight is 402 g/mol. The number of ketones is 1. The van der Waals surface area contributed by atoms with Gasteiger partial charge in [0.15, 0.2) is 5.78 Å². The highest BCUT2D eigenvalue weighted by Crippen LogP contribution is 2.21. The molecule has 1 N–H and O–H groups in total. The van der Waals surface area contributed by atoms with Gasteiger partial charge in [-0.3, -0.25) is 19.1 Å². The van der Waals surface area contributed by atoms with Gasteiger partial charge in [-0.1, -0.05) is 42.5 Å². The Kier molecular flexibility index (Phi) is 5.14. The molecule has 0 saturated heterocycles. The third-order valence-electron chi connectivity index (χ3n) is 5.27. The van der Waals surface area contributed by atoms with E-state index >= 15 is 0 Å². The number of H-pyrrole nitrogens is 1. The maximum absolute atomic E-state index is 13.2. The summed E-state index contributed by atoms with van der Waals surface area (Å²) in [5.74, 6) is -0.789. The van der Waals surface area contributed by atoms with Gasteiger partial charge in [0, 0.05) is 23.2 Å². The number of aromatic nitrogens is 2. The highest BCUT2D eigenvalue weighted by Gasteiger charge is 2.17. The summed E-state index contributed by atoms with van der Waals surface area (Å²) >= 11 is 0. The normalized spacial score (nSPS) is 11.0. The molecule has 6 heteroatoms. The summed E-state index contributed by atoms with van der Waals surface area (Å²) in [6.07, 6.45) is 0.322. The summed E-state index contributed by atoms with van der Waals surface area (Å²) in [6, 6.07) is 18.9. The summed E-state index contributed by atoms with van der Waals surface area (Å²) in [7, 11) is 0. The number of carbonyl (C=O) groups is 1. The van der Waals surface area contributed by atoms with Crippen LogP contribution in [0.25, 0.3) is 10.8 Å². The Hall–Kier alpha value is -3.80. The molecule has 0 fully saturated rings. The minimum Gasteiger partial charge on any atom is -0.292 e. The highest BCUT2D eigenvalue weighted by atomic mass is 19.1. The van der Waals surface area contributed by atoms with Crippen molar-refractivity contribution in [3.8, 4) is 0 Å². The molecular weight excluding hydrogens is 383 g/mol. The van der Waals surface area contributed by atoms with Gasteiger partial charge in [-0.05, 0) is 47.5 Å². The first-order valence-electron chi connectivity index (χ1n) is 9.52. The number of halogens is 1. The lowest BCUT2D eigenvalue weighted by atomic mass is 9.99. The Bertz CT molecular complexity index is 1360. The van der Waals surface area contributed by atoms with E-state index in [1.807, 2.05) is 42.5 Å². The summed E-state index contributed by atoms with van der Waals surface area (Å²) in [6.45, 7) is 1.39. The van der Waals surface area contributed by atoms with Gasteiger partial charge < -0.3 is 0 Å². The van der Waals surface area contributed by atoms with E-state index in [2.05, 4.69) is 4.98 Å². The van der Waals surface area contributed by atoms with Crippen molar-refractivity contribution < 1.29 is 9.18 Å². The van der Waals surface area contributed by atoms with Crippen LogP contribution < -0.4 is 11.2 Å². The molecule has 30 heavy (non-hydrogen) atoms. The van der Waals surface area contributed by atoms with Crippen LogP contribution in [0.5, 0.6) is 0 Å². The predicted octanol–water partition coefficient (Wildman–Crippen LogP) is 3.61. The van der Waals surface area contributed by atoms with E-state index in [4.69, 9.17) is 0 Å². The fourth-order valence-electron chi connectivity index (χ4n) is 3.61. The quantitative estimate of drug-likeness (QED) is 0.519. The average Bonchev–Trinajstić information content (AvgIpc) is 2.75. The molecule has 3 aromatic carbocycles. The van der Waals surface area contributed by atoms with Crippen LogP contribution >= 0.6 is 0 Å². The zero-order valence-electron chi connectivity index (χ0n) is 16.3. The van der Waals surface area contributed by atoms with Crippen LogP contribution in [0.1, 0.15) is 27.2 Å². The van der Waals surface area contributed by atoms with E-state index in [0.29, 0.717) is 23.2 Å². The molecule has 0 unspecified atom stereocenters. The second kappa shape index (κ2) is 7.91. The Morgan fingerprint density at radius 2 is 1.67 bits per heavy atom. The minimum absolute atomic E-state index is 0.248. The molecule has 150 valence electrons. The molecule has 0 amide bonds. The van der Waals surface area contributed by atoms with Crippen LogP contribution in [0.4, 0.5) is 4.39 Å². The molecule has 4 rings (SSSR count). The lowest BCUT2D eigenvalue weighted by molar-refractivity contribution is 0.0969. The van der Waals surface area contributed by atoms with Gasteiger partial charge in [0.2, 0.25) is 0 Å². The Morgan fingerprint density at radius 1 is 0.967 bits per heavy atom. The van der Waals surface area contributed by atoms with Crippen LogP contribution in [-0.2, 0) is 13.0 Å². The summed E-state index contributed by atoms with van der Waals surface area (Å²) < 4.78 is 14.5. The Balaban J connectivity index is 1.79. The van der Waals surface area contributed by atoms with Crippen LogP contribution in [0.2, 0.25) is 0 Å². The number of fused-ring (bicyclic) bond motifs is 1. The van der Waals surface area contributed by atoms with Crippen molar-refractivity contribution in [2.75, 3.05) is 0 Å². The Labute approximate surface area is 171 Å². The first-order valence-corrected chi connectivity index (χ1v) is 9.52. The second-order valence-corrected chi connectivity index (χ2v) is 7.16. The van der Waals surface area contributed by atoms with Gasteiger partial charge in [0.25, 0.3) is 5.56 Å². The van der Waals surface area contributed by atoms with E-state index in [9.17, 15) is 18.8 Å². The number of aromatic amines is 1. The number of hydrogen-bond donors (Lipinski definition) is 1. The van der Waals surface area contributed by atoms with E-state index in [0.717, 1.165) is 16.3 Å². The molecule has 0 aliphatic rings. The van der Waals surface area contributed by atoms with Crippen molar-refractivity contribution in [3.05, 3.63) is 116 Å². The maximum atomic E-state index is 13.2. The van der Waals surface area contributed by atoms with Gasteiger partial charge in [-0.15, -0.1) is 0 Å². The minimum atomic E-state index is -0.642. The molecule has 1 heterocycles. The SMILES string of the molecule is Cc1c(Cc2cccc3ccccc23)n(CC(=O)c2ccc(F)cc2)c(=O)[nH]c1=O. The fraction of sp³-hybridized carbons (Fsp3) is 0.125. The molecule has 0 atom stereocenters. The third-order valence-corrected chi connectivity index (χ3v) is 5.27. The summed E-state index contributed by atoms with van der Waals surface area (Å²) in [4.78, 5) is 39.8. The van der Waals surface area contributed by atoms with Gasteiger partial charge in [-0.2, -0.15) is 0 Å². The van der Waals surface area contributed by atoms with E-state index < -0.39 is 17.1 Å². The number of nitrogens with one attached hydrogen (secondary N) is 1. The first-order chi connectivity index (χ1) is 14.4. The van der Waals surface area contributed by atoms with Crippen molar-refractivity contribution >= 4 is 16.6 Å². The van der Waals surface area contributed by atoms with Gasteiger partial charge >= 0.3 is 5.69 Å². The number of hydrogen-bond acceptors (Lipinski definition) is 3. The third kappa shape index (κ3) is 3.72. The second-order valence-electron chi connectivity index (χ2n) is 7.16. The molecule has 5 nitrogen and oxygen atoms in total. The molecule has 0 spiro atoms. The molecular formula is C24H19FN2O3. The fourth-order valence-corrected chi connectivity index (χ4v) is 3.61. The molecule has 0 radical (unpaired) electrons. The van der Waals surface area contributed by atoms with Gasteiger partial charge in [0.05, 0.1) is 6.54 Å². The zero-order valence-corrected chi connectivity index (χ0v) is 16.3. The number of carbonyl (C=O) groups excluding carboxylic acids is 1. The predicted molar refractivity (Wildman–Crippen MR) is 114 cm³/mol. The molecule has 1 aromatic heterocycles. The lowest BCUT2D eigenvalue weighted by Crippen LogP contribution is -2.36. The molecule has 0 aliphatic heterocycles. The lowest BCUT2D eigenvalue weighted by Gasteiger charge is -2.15. The smallest absolute Gasteiger partial charge is 0.292 e. The van der Waals surface area contributed by atoms with Crippen molar-refractivity contribution in [1.29, 1.82) is 0 Å². The molecule has 4 aromatic rings. The van der Waals surface area contributed by atoms with Crippen LogP contribution in [-0.4, -0.2) is 15.3 Å². The zero-order chi connectivity index (χ0) is 21.3. The van der Waals surface area contributed by atoms with Crippen molar-refractivity contribution in [2.45, 2.75) is 19.9 Å². The molecule has 0 bridgehead atoms. The first kappa shape index (κ1) is 19.5. The molecule has 0 saturated carbocycles. The summed E-state index contributed by atoms with van der Waals surface area (Å²) in [5, 5.41) is 2.07. The number of benzene rings is 3. The Morgan fingerprint density at radius 3 is 2.43 bits per heavy atom. The largest absolute Gasteiger partial charge is 0.328 e. The molecule has 0 aliphatic carbocycles. The van der Waals surface area contributed by atoms with Crippen LogP contribution in [0.15, 0.2) is 76.3 Å². The highest BCUT2D eigenvalue weighted by molar-refractivity contribution is 5.95. The number of nitrogens with zero attached hydrogens (tertiary/aromatic N) is 1. The maximum Gasteiger partial charge on any atom is 0.328 e. The van der Waals surface area contributed by atoms with Crippen LogP contribution in [0, 0.1) is 12.7 Å². The topological polar surface area (TPSA) is 71.9 Å². The standard InChI is InChI=1S/C24H19FN2O3/c1-15-21(13-18-7-4-6-16-5-2-3-8-20(16)18)27(24(30)26-23(15)29)14-22(28)17-9-11-19(25)12-10-17/h2-12H,13-14H2,1H3,(H,26,29,30). The van der Waals surface area contributed by atoms with Crippen LogP contribution in [0.3, 0.4) is 0 Å². The van der Waals surface area contributed by atoms with Gasteiger partial charge in [0.1, 0.15) is 5.82 Å². The summed E-state index contributed by atoms with van der Waals surface area (Å²) in [5.41, 5.74) is 0.995.